The van der Waals surface area contributed by atoms with Crippen LogP contribution in [0.15, 0.2) is 24.3 Å². The molecule has 1 aromatic rings. The Kier molecular flexibility index (Phi) is 8.00. The molecule has 0 aromatic heterocycles. The Labute approximate surface area is 118 Å². The van der Waals surface area contributed by atoms with Crippen LogP contribution in [0.25, 0.3) is 0 Å². The minimum atomic E-state index is -0.968. The summed E-state index contributed by atoms with van der Waals surface area (Å²) in [5.74, 6) is -1.42. The molecule has 6 nitrogen and oxygen atoms in total. The summed E-state index contributed by atoms with van der Waals surface area (Å²) in [5, 5.41) is 19.4. The molecule has 0 spiro atoms. The van der Waals surface area contributed by atoms with E-state index in [1.54, 1.807) is 6.92 Å². The summed E-state index contributed by atoms with van der Waals surface area (Å²) >= 11 is 0. The zero-order chi connectivity index (χ0) is 15.7. The predicted octanol–water partition coefficient (Wildman–Crippen LogP) is 1.72. The second kappa shape index (κ2) is 8.92. The molecule has 0 aliphatic heterocycles. The maximum atomic E-state index is 10.7. The van der Waals surface area contributed by atoms with Gasteiger partial charge in [0.05, 0.1) is 6.54 Å². The maximum Gasteiger partial charge on any atom is 0.325 e. The van der Waals surface area contributed by atoms with Gasteiger partial charge in [0.15, 0.2) is 0 Å². The topological polar surface area (TPSA) is 113 Å². The van der Waals surface area contributed by atoms with Crippen molar-refractivity contribution < 1.29 is 19.8 Å². The Hall–Kier alpha value is -2.08. The van der Waals surface area contributed by atoms with E-state index in [-0.39, 0.29) is 6.54 Å². The number of hydrogen-bond donors (Lipinski definition) is 4. The molecule has 0 heterocycles. The summed E-state index contributed by atoms with van der Waals surface area (Å²) in [5.41, 5.74) is 6.62. The zero-order valence-corrected chi connectivity index (χ0v) is 12.0. The highest BCUT2D eigenvalue weighted by molar-refractivity contribution is 5.77. The van der Waals surface area contributed by atoms with Gasteiger partial charge in [-0.3, -0.25) is 9.59 Å². The summed E-state index contributed by atoms with van der Waals surface area (Å²) in [6.45, 7) is 5.54. The molecule has 0 saturated carbocycles. The number of hydrogen-bond acceptors (Lipinski definition) is 4. The number of aliphatic carboxylic acids is 2. The lowest BCUT2D eigenvalue weighted by atomic mass is 10.0. The van der Waals surface area contributed by atoms with Crippen LogP contribution in [0.3, 0.4) is 0 Å². The quantitative estimate of drug-likeness (QED) is 0.654. The molecule has 1 atom stereocenters. The minimum absolute atomic E-state index is 0.278. The van der Waals surface area contributed by atoms with E-state index < -0.39 is 18.0 Å². The Bertz CT molecular complexity index is 447. The van der Waals surface area contributed by atoms with E-state index in [2.05, 4.69) is 24.9 Å². The van der Waals surface area contributed by atoms with Gasteiger partial charge in [0, 0.05) is 5.69 Å². The highest BCUT2D eigenvalue weighted by Gasteiger charge is 2.13. The van der Waals surface area contributed by atoms with Crippen LogP contribution in [0.2, 0.25) is 0 Å². The molecule has 0 bridgehead atoms. The van der Waals surface area contributed by atoms with Crippen LogP contribution in [0, 0.1) is 0 Å². The first-order chi connectivity index (χ1) is 9.29. The number of nitrogens with one attached hydrogen (secondary N) is 1. The molecule has 0 aliphatic carbocycles. The average Bonchev–Trinajstić information content (AvgIpc) is 2.39. The predicted molar refractivity (Wildman–Crippen MR) is 77.9 cm³/mol. The monoisotopic (exact) mass is 282 g/mol. The third-order valence-electron chi connectivity index (χ3n) is 2.50. The molecule has 0 aliphatic rings. The van der Waals surface area contributed by atoms with E-state index in [1.807, 2.05) is 24.3 Å². The highest BCUT2D eigenvalue weighted by atomic mass is 16.4. The SMILES string of the molecule is CC(C)c1ccccc1N[C@@H](C)C(=O)O.NCC(=O)O. The normalized spacial score (nSPS) is 11.2. The van der Waals surface area contributed by atoms with Crippen LogP contribution < -0.4 is 11.1 Å². The number of rotatable bonds is 5. The number of benzene rings is 1. The number of nitrogens with two attached hydrogens (primary N) is 1. The maximum absolute atomic E-state index is 10.7. The molecule has 0 radical (unpaired) electrons. The number of carboxylic acid groups (broad SMARTS) is 2. The number of para-hydroxylation sites is 1. The van der Waals surface area contributed by atoms with Crippen molar-refractivity contribution in [2.75, 3.05) is 11.9 Å². The Morgan fingerprint density at radius 3 is 2.10 bits per heavy atom. The van der Waals surface area contributed by atoms with Crippen molar-refractivity contribution in [2.24, 2.45) is 5.73 Å². The Morgan fingerprint density at radius 1 is 1.20 bits per heavy atom. The molecule has 0 fully saturated rings. The Balaban J connectivity index is 0.000000621. The Morgan fingerprint density at radius 2 is 1.70 bits per heavy atom. The van der Waals surface area contributed by atoms with E-state index >= 15 is 0 Å². The molecule has 112 valence electrons. The van der Waals surface area contributed by atoms with E-state index in [0.717, 1.165) is 11.3 Å². The molecular formula is C14H22N2O4. The second-order valence-corrected chi connectivity index (χ2v) is 4.54. The summed E-state index contributed by atoms with van der Waals surface area (Å²) in [6, 6.07) is 7.23. The minimum Gasteiger partial charge on any atom is -0.480 e. The third kappa shape index (κ3) is 6.75. The largest absolute Gasteiger partial charge is 0.480 e. The van der Waals surface area contributed by atoms with Crippen molar-refractivity contribution in [2.45, 2.75) is 32.7 Å². The van der Waals surface area contributed by atoms with Crippen LogP contribution in [-0.4, -0.2) is 34.7 Å². The molecule has 1 aromatic carbocycles. The first kappa shape index (κ1) is 17.9. The van der Waals surface area contributed by atoms with Crippen molar-refractivity contribution in [1.29, 1.82) is 0 Å². The molecule has 0 amide bonds. The fourth-order valence-corrected chi connectivity index (χ4v) is 1.43. The zero-order valence-electron chi connectivity index (χ0n) is 12.0. The number of carboxylic acids is 2. The van der Waals surface area contributed by atoms with Crippen LogP contribution in [0.4, 0.5) is 5.69 Å². The van der Waals surface area contributed by atoms with Gasteiger partial charge in [-0.1, -0.05) is 32.0 Å². The van der Waals surface area contributed by atoms with Crippen LogP contribution in [0.1, 0.15) is 32.3 Å². The first-order valence-electron chi connectivity index (χ1n) is 6.29. The summed E-state index contributed by atoms with van der Waals surface area (Å²) < 4.78 is 0. The highest BCUT2D eigenvalue weighted by Crippen LogP contribution is 2.24. The van der Waals surface area contributed by atoms with Crippen molar-refractivity contribution in [3.05, 3.63) is 29.8 Å². The van der Waals surface area contributed by atoms with E-state index in [4.69, 9.17) is 10.2 Å². The van der Waals surface area contributed by atoms with Gasteiger partial charge in [-0.15, -0.1) is 0 Å². The summed E-state index contributed by atoms with van der Waals surface area (Å²) in [7, 11) is 0. The van der Waals surface area contributed by atoms with E-state index in [9.17, 15) is 9.59 Å². The molecule has 1 rings (SSSR count). The van der Waals surface area contributed by atoms with E-state index in [0.29, 0.717) is 5.92 Å². The van der Waals surface area contributed by atoms with Crippen molar-refractivity contribution in [1.82, 2.24) is 0 Å². The van der Waals surface area contributed by atoms with Crippen LogP contribution >= 0.6 is 0 Å². The summed E-state index contributed by atoms with van der Waals surface area (Å²) in [6.07, 6.45) is 0. The standard InChI is InChI=1S/C12H17NO2.C2H5NO2/c1-8(2)10-6-4-5-7-11(10)13-9(3)12(14)15;3-1-2(4)5/h4-9,13H,1-3H3,(H,14,15);1,3H2,(H,4,5)/t9-;/m0./s1. The van der Waals surface area contributed by atoms with Gasteiger partial charge < -0.3 is 21.3 Å². The fraction of sp³-hybridized carbons (Fsp3) is 0.429. The van der Waals surface area contributed by atoms with E-state index in [1.165, 1.54) is 0 Å². The van der Waals surface area contributed by atoms with Crippen molar-refractivity contribution in [3.63, 3.8) is 0 Å². The molecule has 5 N–H and O–H groups in total. The van der Waals surface area contributed by atoms with Crippen molar-refractivity contribution >= 4 is 17.6 Å². The number of anilines is 1. The van der Waals surface area contributed by atoms with Gasteiger partial charge in [0.1, 0.15) is 6.04 Å². The smallest absolute Gasteiger partial charge is 0.325 e. The fourth-order valence-electron chi connectivity index (χ4n) is 1.43. The molecular weight excluding hydrogens is 260 g/mol. The van der Waals surface area contributed by atoms with Gasteiger partial charge in [-0.2, -0.15) is 0 Å². The lowest BCUT2D eigenvalue weighted by Crippen LogP contribution is -2.26. The van der Waals surface area contributed by atoms with Crippen LogP contribution in [-0.2, 0) is 9.59 Å². The van der Waals surface area contributed by atoms with Crippen molar-refractivity contribution in [3.8, 4) is 0 Å². The molecule has 20 heavy (non-hydrogen) atoms. The number of carbonyl (C=O) groups is 2. The van der Waals surface area contributed by atoms with Gasteiger partial charge in [-0.25, -0.2) is 0 Å². The molecule has 0 saturated heterocycles. The van der Waals surface area contributed by atoms with Gasteiger partial charge in [0.25, 0.3) is 0 Å². The van der Waals surface area contributed by atoms with Crippen LogP contribution in [0.5, 0.6) is 0 Å². The second-order valence-electron chi connectivity index (χ2n) is 4.54. The summed E-state index contributed by atoms with van der Waals surface area (Å²) in [4.78, 5) is 20.0. The lowest BCUT2D eigenvalue weighted by Gasteiger charge is -2.16. The first-order valence-corrected chi connectivity index (χ1v) is 6.29. The average molecular weight is 282 g/mol. The lowest BCUT2D eigenvalue weighted by molar-refractivity contribution is -0.137. The molecule has 6 heteroatoms. The van der Waals surface area contributed by atoms with Gasteiger partial charge >= 0.3 is 11.9 Å². The molecule has 0 unspecified atom stereocenters. The third-order valence-corrected chi connectivity index (χ3v) is 2.50. The van der Waals surface area contributed by atoms with Gasteiger partial charge in [-0.05, 0) is 24.5 Å². The van der Waals surface area contributed by atoms with Gasteiger partial charge in [0.2, 0.25) is 0 Å².